The molecule has 24 heavy (non-hydrogen) atoms. The second-order valence-electron chi connectivity index (χ2n) is 6.28. The lowest BCUT2D eigenvalue weighted by Gasteiger charge is -2.10. The lowest BCUT2D eigenvalue weighted by atomic mass is 10.2. The molecular formula is C16H20N4O3S. The summed E-state index contributed by atoms with van der Waals surface area (Å²) in [4.78, 5) is 25.7. The van der Waals surface area contributed by atoms with Gasteiger partial charge >= 0.3 is 5.69 Å². The van der Waals surface area contributed by atoms with E-state index in [0.29, 0.717) is 12.4 Å². The van der Waals surface area contributed by atoms with Crippen LogP contribution in [0.5, 0.6) is 0 Å². The van der Waals surface area contributed by atoms with Gasteiger partial charge in [0.15, 0.2) is 5.82 Å². The van der Waals surface area contributed by atoms with Gasteiger partial charge in [-0.2, -0.15) is 0 Å². The van der Waals surface area contributed by atoms with Crippen LogP contribution in [0.1, 0.15) is 31.7 Å². The minimum Gasteiger partial charge on any atom is -0.376 e. The molecule has 2 aromatic rings. The summed E-state index contributed by atoms with van der Waals surface area (Å²) in [7, 11) is 0. The van der Waals surface area contributed by atoms with Crippen LogP contribution in [0.3, 0.4) is 0 Å². The molecule has 0 unspecified atom stereocenters. The lowest BCUT2D eigenvalue weighted by Crippen LogP contribution is -2.37. The van der Waals surface area contributed by atoms with Gasteiger partial charge in [0.2, 0.25) is 5.91 Å². The zero-order chi connectivity index (χ0) is 16.5. The summed E-state index contributed by atoms with van der Waals surface area (Å²) in [5.41, 5.74) is -0.201. The Hall–Kier alpha value is -1.93. The monoisotopic (exact) mass is 348 g/mol. The molecule has 1 atom stereocenters. The number of nitrogens with zero attached hydrogens (tertiary/aromatic N) is 3. The molecule has 0 aromatic carbocycles. The zero-order valence-electron chi connectivity index (χ0n) is 13.3. The van der Waals surface area contributed by atoms with Crippen molar-refractivity contribution in [2.75, 3.05) is 13.2 Å². The van der Waals surface area contributed by atoms with E-state index in [4.69, 9.17) is 4.74 Å². The molecule has 1 saturated carbocycles. The molecule has 4 rings (SSSR count). The van der Waals surface area contributed by atoms with Crippen molar-refractivity contribution in [3.63, 3.8) is 0 Å². The smallest absolute Gasteiger partial charge is 0.346 e. The largest absolute Gasteiger partial charge is 0.376 e. The van der Waals surface area contributed by atoms with Crippen LogP contribution in [-0.2, 0) is 16.1 Å². The number of thiophene rings is 1. The predicted octanol–water partition coefficient (Wildman–Crippen LogP) is 1.40. The zero-order valence-corrected chi connectivity index (χ0v) is 14.1. The first-order valence-corrected chi connectivity index (χ1v) is 9.22. The molecule has 0 radical (unpaired) electrons. The Bertz CT molecular complexity index is 770. The first-order chi connectivity index (χ1) is 11.7. The standard InChI is InChI=1S/C16H20N4O3S/c21-14(17-9-12-3-1-7-23-12)10-19-16(22)20(11-5-6-11)15(18-19)13-4-2-8-24-13/h2,4,8,11-12H,1,3,5-7,9-10H2,(H,17,21)/t12-/m1/s1. The highest BCUT2D eigenvalue weighted by atomic mass is 32.1. The Morgan fingerprint density at radius 3 is 2.96 bits per heavy atom. The Labute approximate surface area is 143 Å². The average molecular weight is 348 g/mol. The summed E-state index contributed by atoms with van der Waals surface area (Å²) in [6.45, 7) is 1.20. The van der Waals surface area contributed by atoms with Crippen molar-refractivity contribution in [3.05, 3.63) is 28.0 Å². The first-order valence-electron chi connectivity index (χ1n) is 8.34. The Morgan fingerprint density at radius 1 is 1.42 bits per heavy atom. The Balaban J connectivity index is 1.49. The van der Waals surface area contributed by atoms with Crippen LogP contribution < -0.4 is 11.0 Å². The number of rotatable bonds is 6. The summed E-state index contributed by atoms with van der Waals surface area (Å²) in [6.07, 6.45) is 4.09. The Kier molecular flexibility index (Phi) is 4.24. The summed E-state index contributed by atoms with van der Waals surface area (Å²) in [6, 6.07) is 4.11. The summed E-state index contributed by atoms with van der Waals surface area (Å²) < 4.78 is 8.50. The summed E-state index contributed by atoms with van der Waals surface area (Å²) in [5.74, 6) is 0.468. The average Bonchev–Trinajstić information content (AvgIpc) is 3.00. The minimum atomic E-state index is -0.203. The molecule has 0 spiro atoms. The van der Waals surface area contributed by atoms with Crippen molar-refractivity contribution in [2.45, 2.75) is 44.4 Å². The number of carbonyl (C=O) groups excluding carboxylic acids is 1. The van der Waals surface area contributed by atoms with Gasteiger partial charge in [0.25, 0.3) is 0 Å². The second kappa shape index (κ2) is 6.52. The van der Waals surface area contributed by atoms with Crippen LogP contribution in [0.25, 0.3) is 10.7 Å². The number of hydrogen-bond acceptors (Lipinski definition) is 5. The van der Waals surface area contributed by atoms with Gasteiger partial charge in [-0.15, -0.1) is 16.4 Å². The van der Waals surface area contributed by atoms with Crippen molar-refractivity contribution >= 4 is 17.2 Å². The van der Waals surface area contributed by atoms with Gasteiger partial charge in [-0.3, -0.25) is 9.36 Å². The molecule has 3 heterocycles. The molecule has 1 amide bonds. The third kappa shape index (κ3) is 3.16. The molecule has 1 aliphatic heterocycles. The maximum atomic E-state index is 12.6. The van der Waals surface area contributed by atoms with E-state index in [1.165, 1.54) is 4.68 Å². The van der Waals surface area contributed by atoms with Gasteiger partial charge in [0, 0.05) is 19.2 Å². The Morgan fingerprint density at radius 2 is 2.29 bits per heavy atom. The highest BCUT2D eigenvalue weighted by Crippen LogP contribution is 2.37. The van der Waals surface area contributed by atoms with Crippen molar-refractivity contribution in [1.82, 2.24) is 19.7 Å². The molecule has 7 nitrogen and oxygen atoms in total. The molecule has 2 fully saturated rings. The van der Waals surface area contributed by atoms with Crippen LogP contribution in [0.2, 0.25) is 0 Å². The molecule has 1 N–H and O–H groups in total. The molecule has 1 aliphatic carbocycles. The van der Waals surface area contributed by atoms with Crippen LogP contribution >= 0.6 is 11.3 Å². The van der Waals surface area contributed by atoms with E-state index in [9.17, 15) is 9.59 Å². The maximum absolute atomic E-state index is 12.6. The van der Waals surface area contributed by atoms with Gasteiger partial charge in [-0.25, -0.2) is 9.48 Å². The summed E-state index contributed by atoms with van der Waals surface area (Å²) >= 11 is 1.55. The fraction of sp³-hybridized carbons (Fsp3) is 0.562. The van der Waals surface area contributed by atoms with Gasteiger partial charge in [0.05, 0.1) is 11.0 Å². The highest BCUT2D eigenvalue weighted by molar-refractivity contribution is 7.13. The van der Waals surface area contributed by atoms with Crippen LogP contribution in [-0.4, -0.2) is 39.5 Å². The second-order valence-corrected chi connectivity index (χ2v) is 7.23. The van der Waals surface area contributed by atoms with Gasteiger partial charge in [-0.05, 0) is 37.1 Å². The number of nitrogens with one attached hydrogen (secondary N) is 1. The summed E-state index contributed by atoms with van der Waals surface area (Å²) in [5, 5.41) is 9.22. The van der Waals surface area contributed by atoms with Gasteiger partial charge < -0.3 is 10.1 Å². The molecular weight excluding hydrogens is 328 g/mol. The van der Waals surface area contributed by atoms with E-state index in [0.717, 1.165) is 37.2 Å². The number of aromatic nitrogens is 3. The van der Waals surface area contributed by atoms with Gasteiger partial charge in [0.1, 0.15) is 6.54 Å². The van der Waals surface area contributed by atoms with E-state index in [-0.39, 0.29) is 30.3 Å². The molecule has 2 aliphatic rings. The van der Waals surface area contributed by atoms with E-state index >= 15 is 0 Å². The number of hydrogen-bond donors (Lipinski definition) is 1. The normalized spacial score (nSPS) is 20.4. The quantitative estimate of drug-likeness (QED) is 0.856. The van der Waals surface area contributed by atoms with Crippen molar-refractivity contribution in [2.24, 2.45) is 0 Å². The van der Waals surface area contributed by atoms with Crippen LogP contribution in [0.15, 0.2) is 22.3 Å². The molecule has 0 bridgehead atoms. The number of carbonyl (C=O) groups is 1. The maximum Gasteiger partial charge on any atom is 0.346 e. The third-order valence-electron chi connectivity index (χ3n) is 4.37. The van der Waals surface area contributed by atoms with E-state index in [1.54, 1.807) is 15.9 Å². The fourth-order valence-corrected chi connectivity index (χ4v) is 3.69. The molecule has 2 aromatic heterocycles. The number of ether oxygens (including phenoxy) is 1. The van der Waals surface area contributed by atoms with E-state index in [2.05, 4.69) is 10.4 Å². The third-order valence-corrected chi connectivity index (χ3v) is 5.23. The van der Waals surface area contributed by atoms with Crippen molar-refractivity contribution in [3.8, 4) is 10.7 Å². The lowest BCUT2D eigenvalue weighted by molar-refractivity contribution is -0.122. The van der Waals surface area contributed by atoms with Crippen molar-refractivity contribution in [1.29, 1.82) is 0 Å². The number of amides is 1. The highest BCUT2D eigenvalue weighted by Gasteiger charge is 2.31. The molecule has 8 heteroatoms. The fourth-order valence-electron chi connectivity index (χ4n) is 2.98. The minimum absolute atomic E-state index is 0.0519. The van der Waals surface area contributed by atoms with Crippen molar-refractivity contribution < 1.29 is 9.53 Å². The first kappa shape index (κ1) is 15.6. The van der Waals surface area contributed by atoms with Gasteiger partial charge in [-0.1, -0.05) is 6.07 Å². The van der Waals surface area contributed by atoms with E-state index in [1.807, 2.05) is 17.5 Å². The molecule has 1 saturated heterocycles. The van der Waals surface area contributed by atoms with E-state index < -0.39 is 0 Å². The van der Waals surface area contributed by atoms with Crippen LogP contribution in [0.4, 0.5) is 0 Å². The topological polar surface area (TPSA) is 78.2 Å². The predicted molar refractivity (Wildman–Crippen MR) is 90.1 cm³/mol. The molecule has 128 valence electrons. The SMILES string of the molecule is O=C(Cn1nc(-c2cccs2)n(C2CC2)c1=O)NC[C@H]1CCCO1. The van der Waals surface area contributed by atoms with Crippen LogP contribution in [0, 0.1) is 0 Å².